The Bertz CT molecular complexity index is 443. The maximum absolute atomic E-state index is 10.7. The minimum absolute atomic E-state index is 0.00198. The highest BCUT2D eigenvalue weighted by Crippen LogP contribution is 2.37. The summed E-state index contributed by atoms with van der Waals surface area (Å²) in [6.45, 7) is 2.43. The first-order valence-electron chi connectivity index (χ1n) is 7.04. The van der Waals surface area contributed by atoms with E-state index >= 15 is 0 Å². The van der Waals surface area contributed by atoms with E-state index in [2.05, 4.69) is 21.9 Å². The highest BCUT2D eigenvalue weighted by molar-refractivity contribution is 8.00. The Morgan fingerprint density at radius 1 is 1.50 bits per heavy atom. The first-order valence-corrected chi connectivity index (χ1v) is 8.27. The number of aromatic nitrogens is 3. The highest BCUT2D eigenvalue weighted by Gasteiger charge is 2.30. The number of hydrogen-bond acceptors (Lipinski definition) is 5. The SMILES string of the molecule is CSC1(CNCCn2cc(C(=O)O)nn2)CCCCC1. The van der Waals surface area contributed by atoms with E-state index in [1.165, 1.54) is 38.3 Å². The molecule has 0 radical (unpaired) electrons. The summed E-state index contributed by atoms with van der Waals surface area (Å²) in [5.74, 6) is -1.03. The van der Waals surface area contributed by atoms with Crippen LogP contribution in [0, 0.1) is 0 Å². The zero-order chi connectivity index (χ0) is 14.4. The second-order valence-corrected chi connectivity index (χ2v) is 6.57. The second kappa shape index (κ2) is 7.08. The zero-order valence-electron chi connectivity index (χ0n) is 11.8. The van der Waals surface area contributed by atoms with E-state index in [-0.39, 0.29) is 5.69 Å². The largest absolute Gasteiger partial charge is 0.476 e. The molecular weight excluding hydrogens is 276 g/mol. The molecule has 2 N–H and O–H groups in total. The third kappa shape index (κ3) is 3.96. The van der Waals surface area contributed by atoms with Crippen LogP contribution in [0.3, 0.4) is 0 Å². The van der Waals surface area contributed by atoms with Gasteiger partial charge in [-0.3, -0.25) is 4.68 Å². The van der Waals surface area contributed by atoms with E-state index in [0.29, 0.717) is 11.3 Å². The maximum Gasteiger partial charge on any atom is 0.358 e. The predicted octanol–water partition coefficient (Wildman–Crippen LogP) is 1.63. The molecule has 0 unspecified atom stereocenters. The average molecular weight is 298 g/mol. The van der Waals surface area contributed by atoms with Gasteiger partial charge >= 0.3 is 5.97 Å². The standard InChI is InChI=1S/C13H22N4O2S/c1-20-13(5-3-2-4-6-13)10-14-7-8-17-9-11(12(18)19)15-16-17/h9,14H,2-8,10H2,1H3,(H,18,19). The number of rotatable bonds is 7. The minimum Gasteiger partial charge on any atom is -0.476 e. The van der Waals surface area contributed by atoms with Crippen LogP contribution in [0.15, 0.2) is 6.20 Å². The smallest absolute Gasteiger partial charge is 0.358 e. The fourth-order valence-corrected chi connectivity index (χ4v) is 3.61. The van der Waals surface area contributed by atoms with Crippen molar-refractivity contribution in [3.63, 3.8) is 0 Å². The molecule has 1 fully saturated rings. The van der Waals surface area contributed by atoms with Crippen molar-refractivity contribution in [3.05, 3.63) is 11.9 Å². The van der Waals surface area contributed by atoms with E-state index in [1.54, 1.807) is 4.68 Å². The zero-order valence-corrected chi connectivity index (χ0v) is 12.7. The minimum atomic E-state index is -1.03. The number of carboxylic acids is 1. The molecule has 2 rings (SSSR count). The molecule has 0 aliphatic heterocycles. The van der Waals surface area contributed by atoms with Gasteiger partial charge in [-0.05, 0) is 19.1 Å². The van der Waals surface area contributed by atoms with Gasteiger partial charge in [-0.25, -0.2) is 4.79 Å². The average Bonchev–Trinajstić information content (AvgIpc) is 2.94. The van der Waals surface area contributed by atoms with E-state index in [0.717, 1.165) is 13.1 Å². The Labute approximate surface area is 123 Å². The molecule has 1 aliphatic rings. The van der Waals surface area contributed by atoms with E-state index < -0.39 is 5.97 Å². The molecule has 0 saturated heterocycles. The Balaban J connectivity index is 1.73. The summed E-state index contributed by atoms with van der Waals surface area (Å²) in [4.78, 5) is 10.7. The van der Waals surface area contributed by atoms with Crippen molar-refractivity contribution >= 4 is 17.7 Å². The van der Waals surface area contributed by atoms with Crippen LogP contribution in [0.5, 0.6) is 0 Å². The molecule has 0 amide bonds. The van der Waals surface area contributed by atoms with Crippen molar-refractivity contribution in [3.8, 4) is 0 Å². The van der Waals surface area contributed by atoms with Gasteiger partial charge in [0.25, 0.3) is 0 Å². The van der Waals surface area contributed by atoms with Gasteiger partial charge in [0.05, 0.1) is 12.7 Å². The van der Waals surface area contributed by atoms with Gasteiger partial charge in [0, 0.05) is 17.8 Å². The Kier molecular flexibility index (Phi) is 5.42. The lowest BCUT2D eigenvalue weighted by Gasteiger charge is -2.36. The number of thioether (sulfide) groups is 1. The van der Waals surface area contributed by atoms with Crippen LogP contribution < -0.4 is 5.32 Å². The Morgan fingerprint density at radius 2 is 2.25 bits per heavy atom. The summed E-state index contributed by atoms with van der Waals surface area (Å²) in [7, 11) is 0. The maximum atomic E-state index is 10.7. The number of nitrogens with zero attached hydrogens (tertiary/aromatic N) is 3. The Morgan fingerprint density at radius 3 is 2.85 bits per heavy atom. The normalized spacial score (nSPS) is 18.1. The molecule has 0 bridgehead atoms. The number of nitrogens with one attached hydrogen (secondary N) is 1. The highest BCUT2D eigenvalue weighted by atomic mass is 32.2. The first kappa shape index (κ1) is 15.3. The van der Waals surface area contributed by atoms with Crippen molar-refractivity contribution in [1.29, 1.82) is 0 Å². The van der Waals surface area contributed by atoms with Crippen molar-refractivity contribution in [2.24, 2.45) is 0 Å². The number of carbonyl (C=O) groups is 1. The molecule has 0 spiro atoms. The lowest BCUT2D eigenvalue weighted by atomic mass is 9.88. The van der Waals surface area contributed by atoms with Gasteiger partial charge in [0.15, 0.2) is 5.69 Å². The first-order chi connectivity index (χ1) is 9.65. The van der Waals surface area contributed by atoms with E-state index in [4.69, 9.17) is 5.11 Å². The third-order valence-electron chi connectivity index (χ3n) is 3.92. The van der Waals surface area contributed by atoms with E-state index in [9.17, 15) is 4.79 Å². The molecule has 112 valence electrons. The monoisotopic (exact) mass is 298 g/mol. The van der Waals surface area contributed by atoms with Crippen LogP contribution in [0.25, 0.3) is 0 Å². The molecular formula is C13H22N4O2S. The molecule has 20 heavy (non-hydrogen) atoms. The molecule has 0 atom stereocenters. The summed E-state index contributed by atoms with van der Waals surface area (Å²) in [5, 5.41) is 19.6. The fraction of sp³-hybridized carbons (Fsp3) is 0.769. The van der Waals surface area contributed by atoms with Gasteiger partial charge in [0.2, 0.25) is 0 Å². The topological polar surface area (TPSA) is 80.0 Å². The van der Waals surface area contributed by atoms with Crippen molar-refractivity contribution in [2.45, 2.75) is 43.4 Å². The van der Waals surface area contributed by atoms with Crippen LogP contribution in [0.1, 0.15) is 42.6 Å². The van der Waals surface area contributed by atoms with Crippen molar-refractivity contribution in [2.75, 3.05) is 19.3 Å². The van der Waals surface area contributed by atoms with Crippen molar-refractivity contribution < 1.29 is 9.90 Å². The summed E-state index contributed by atoms with van der Waals surface area (Å²) >= 11 is 1.97. The summed E-state index contributed by atoms with van der Waals surface area (Å²) in [5.41, 5.74) is -0.00198. The lowest BCUT2D eigenvalue weighted by Crippen LogP contribution is -2.40. The van der Waals surface area contributed by atoms with Crippen LogP contribution in [-0.2, 0) is 6.54 Å². The second-order valence-electron chi connectivity index (χ2n) is 5.30. The number of aromatic carboxylic acids is 1. The number of carboxylic acid groups (broad SMARTS) is 1. The molecule has 6 nitrogen and oxygen atoms in total. The van der Waals surface area contributed by atoms with Crippen LogP contribution in [0.4, 0.5) is 0 Å². The summed E-state index contributed by atoms with van der Waals surface area (Å²) in [6.07, 6.45) is 10.3. The van der Waals surface area contributed by atoms with Crippen LogP contribution in [0.2, 0.25) is 0 Å². The third-order valence-corrected chi connectivity index (χ3v) is 5.34. The lowest BCUT2D eigenvalue weighted by molar-refractivity contribution is 0.0690. The quantitative estimate of drug-likeness (QED) is 0.745. The summed E-state index contributed by atoms with van der Waals surface area (Å²) in [6, 6.07) is 0. The molecule has 7 heteroatoms. The molecule has 1 aliphatic carbocycles. The van der Waals surface area contributed by atoms with Gasteiger partial charge in [-0.1, -0.05) is 24.5 Å². The number of hydrogen-bond donors (Lipinski definition) is 2. The molecule has 1 aromatic rings. The summed E-state index contributed by atoms with van der Waals surface area (Å²) < 4.78 is 1.95. The molecule has 0 aromatic carbocycles. The van der Waals surface area contributed by atoms with Crippen LogP contribution >= 0.6 is 11.8 Å². The predicted molar refractivity (Wildman–Crippen MR) is 79.2 cm³/mol. The van der Waals surface area contributed by atoms with Crippen molar-refractivity contribution in [1.82, 2.24) is 20.3 Å². The van der Waals surface area contributed by atoms with Gasteiger partial charge < -0.3 is 10.4 Å². The molecule has 1 aromatic heterocycles. The Hall–Kier alpha value is -1.08. The van der Waals surface area contributed by atoms with Gasteiger partial charge in [0.1, 0.15) is 0 Å². The van der Waals surface area contributed by atoms with Crippen LogP contribution in [-0.4, -0.2) is 50.2 Å². The van der Waals surface area contributed by atoms with E-state index in [1.807, 2.05) is 11.8 Å². The molecule has 1 heterocycles. The van der Waals surface area contributed by atoms with Gasteiger partial charge in [-0.2, -0.15) is 11.8 Å². The fourth-order valence-electron chi connectivity index (χ4n) is 2.66. The van der Waals surface area contributed by atoms with Gasteiger partial charge in [-0.15, -0.1) is 5.10 Å². The molecule has 1 saturated carbocycles.